The zero-order valence-electron chi connectivity index (χ0n) is 10.2. The first kappa shape index (κ1) is 14.7. The number of amides is 3. The van der Waals surface area contributed by atoms with Crippen LogP contribution in [-0.2, 0) is 9.53 Å². The third-order valence-corrected chi connectivity index (χ3v) is 3.33. The second-order valence-electron chi connectivity index (χ2n) is 4.58. The van der Waals surface area contributed by atoms with Gasteiger partial charge in [0.25, 0.3) is 5.85 Å². The van der Waals surface area contributed by atoms with E-state index in [0.29, 0.717) is 0 Å². The standard InChI is InChI=1S/C11H13FN2O6/c1-2-10(19)7(17)11(12,5-15)20-8(10)14-4-3-6(16)13-9(14)18/h1,7-8,15,17,19H,3-5H2,(H,13,16,18)/t7-,8+,10+,11+/m0/s1. The van der Waals surface area contributed by atoms with Gasteiger partial charge in [-0.1, -0.05) is 5.92 Å². The number of aliphatic hydroxyl groups is 3. The molecule has 0 unspecified atom stereocenters. The van der Waals surface area contributed by atoms with Crippen LogP contribution in [0.1, 0.15) is 6.42 Å². The highest BCUT2D eigenvalue weighted by Crippen LogP contribution is 2.41. The lowest BCUT2D eigenvalue weighted by molar-refractivity contribution is -0.211. The number of carbonyl (C=O) groups is 2. The summed E-state index contributed by atoms with van der Waals surface area (Å²) in [6, 6.07) is -0.936. The topological polar surface area (TPSA) is 119 Å². The van der Waals surface area contributed by atoms with Gasteiger partial charge >= 0.3 is 6.03 Å². The van der Waals surface area contributed by atoms with Gasteiger partial charge in [0.15, 0.2) is 12.3 Å². The average molecular weight is 288 g/mol. The number of aliphatic hydroxyl groups excluding tert-OH is 2. The van der Waals surface area contributed by atoms with Crippen LogP contribution in [0.4, 0.5) is 9.18 Å². The van der Waals surface area contributed by atoms with Gasteiger partial charge in [-0.25, -0.2) is 9.18 Å². The first-order valence-corrected chi connectivity index (χ1v) is 5.74. The number of nitrogens with one attached hydrogen (secondary N) is 1. The molecule has 4 N–H and O–H groups in total. The zero-order chi connectivity index (χ0) is 15.1. The van der Waals surface area contributed by atoms with Gasteiger partial charge in [-0.05, 0) is 0 Å². The van der Waals surface area contributed by atoms with Crippen LogP contribution >= 0.6 is 0 Å². The van der Waals surface area contributed by atoms with E-state index in [-0.39, 0.29) is 13.0 Å². The van der Waals surface area contributed by atoms with E-state index in [9.17, 15) is 24.2 Å². The first-order valence-electron chi connectivity index (χ1n) is 5.74. The Morgan fingerprint density at radius 3 is 2.75 bits per heavy atom. The molecule has 8 nitrogen and oxygen atoms in total. The molecule has 3 amide bonds. The monoisotopic (exact) mass is 288 g/mol. The molecule has 0 aromatic rings. The number of ether oxygens (including phenoxy) is 1. The summed E-state index contributed by atoms with van der Waals surface area (Å²) >= 11 is 0. The molecule has 20 heavy (non-hydrogen) atoms. The fourth-order valence-electron chi connectivity index (χ4n) is 2.18. The van der Waals surface area contributed by atoms with E-state index in [2.05, 4.69) is 0 Å². The van der Waals surface area contributed by atoms with Crippen molar-refractivity contribution in [2.24, 2.45) is 0 Å². The van der Waals surface area contributed by atoms with Gasteiger partial charge in [0.05, 0.1) is 0 Å². The summed E-state index contributed by atoms with van der Waals surface area (Å²) in [5, 5.41) is 30.8. The Hall–Kier alpha value is -1.73. The van der Waals surface area contributed by atoms with Crippen LogP contribution in [0.5, 0.6) is 0 Å². The van der Waals surface area contributed by atoms with Gasteiger partial charge in [-0.3, -0.25) is 15.0 Å². The van der Waals surface area contributed by atoms with E-state index in [1.807, 2.05) is 5.32 Å². The number of halogens is 1. The minimum Gasteiger partial charge on any atom is -0.390 e. The molecule has 0 bridgehead atoms. The van der Waals surface area contributed by atoms with Crippen LogP contribution in [0.3, 0.4) is 0 Å². The Balaban J connectivity index is 2.34. The quantitative estimate of drug-likeness (QED) is 0.423. The van der Waals surface area contributed by atoms with Crippen LogP contribution in [0.15, 0.2) is 0 Å². The molecule has 0 spiro atoms. The van der Waals surface area contributed by atoms with Crippen LogP contribution in [-0.4, -0.2) is 69.1 Å². The molecule has 0 aliphatic carbocycles. The number of hydrogen-bond acceptors (Lipinski definition) is 6. The van der Waals surface area contributed by atoms with E-state index >= 15 is 0 Å². The largest absolute Gasteiger partial charge is 0.390 e. The lowest BCUT2D eigenvalue weighted by atomic mass is 9.93. The van der Waals surface area contributed by atoms with Gasteiger partial charge in [0.1, 0.15) is 6.61 Å². The van der Waals surface area contributed by atoms with Crippen molar-refractivity contribution in [3.63, 3.8) is 0 Å². The van der Waals surface area contributed by atoms with Crippen molar-refractivity contribution in [3.8, 4) is 12.3 Å². The lowest BCUT2D eigenvalue weighted by Crippen LogP contribution is -2.61. The van der Waals surface area contributed by atoms with Gasteiger partial charge < -0.3 is 20.1 Å². The molecule has 2 heterocycles. The minimum absolute atomic E-state index is 0.0965. The summed E-state index contributed by atoms with van der Waals surface area (Å²) in [6.45, 7) is -1.43. The van der Waals surface area contributed by atoms with Gasteiger partial charge in [-0.15, -0.1) is 6.42 Å². The molecule has 2 rings (SSSR count). The van der Waals surface area contributed by atoms with Crippen LogP contribution in [0, 0.1) is 12.3 Å². The Kier molecular flexibility index (Phi) is 3.43. The number of rotatable bonds is 2. The summed E-state index contributed by atoms with van der Waals surface area (Å²) in [6.07, 6.45) is 1.02. The Morgan fingerprint density at radius 2 is 2.25 bits per heavy atom. The summed E-state index contributed by atoms with van der Waals surface area (Å²) in [5.74, 6) is -1.76. The van der Waals surface area contributed by atoms with E-state index in [1.165, 1.54) is 0 Å². The molecule has 0 aromatic heterocycles. The number of terminal acetylenes is 1. The summed E-state index contributed by atoms with van der Waals surface area (Å²) in [4.78, 5) is 23.5. The first-order chi connectivity index (χ1) is 9.28. The predicted molar refractivity (Wildman–Crippen MR) is 60.4 cm³/mol. The van der Waals surface area contributed by atoms with Gasteiger partial charge in [0, 0.05) is 13.0 Å². The van der Waals surface area contributed by atoms with Crippen LogP contribution in [0.2, 0.25) is 0 Å². The Bertz CT molecular complexity index is 494. The van der Waals surface area contributed by atoms with Crippen molar-refractivity contribution in [2.75, 3.05) is 13.2 Å². The highest BCUT2D eigenvalue weighted by molar-refractivity contribution is 5.96. The lowest BCUT2D eigenvalue weighted by Gasteiger charge is -2.36. The van der Waals surface area contributed by atoms with Crippen molar-refractivity contribution < 1.29 is 34.0 Å². The van der Waals surface area contributed by atoms with E-state index in [4.69, 9.17) is 16.3 Å². The number of nitrogens with zero attached hydrogens (tertiary/aromatic N) is 1. The molecular weight excluding hydrogens is 275 g/mol. The average Bonchev–Trinajstić information content (AvgIpc) is 2.62. The number of alkyl halides is 1. The van der Waals surface area contributed by atoms with Crippen molar-refractivity contribution in [1.82, 2.24) is 10.2 Å². The van der Waals surface area contributed by atoms with Crippen LogP contribution < -0.4 is 5.32 Å². The van der Waals surface area contributed by atoms with E-state index in [1.54, 1.807) is 5.92 Å². The number of carbonyl (C=O) groups excluding carboxylic acids is 2. The fourth-order valence-corrected chi connectivity index (χ4v) is 2.18. The minimum atomic E-state index is -3.01. The van der Waals surface area contributed by atoms with Gasteiger partial charge in [-0.2, -0.15) is 0 Å². The molecule has 110 valence electrons. The second kappa shape index (κ2) is 4.68. The number of imide groups is 1. The molecular formula is C11H13FN2O6. The molecule has 0 aromatic carbocycles. The summed E-state index contributed by atoms with van der Waals surface area (Å²) < 4.78 is 18.9. The van der Waals surface area contributed by atoms with E-state index in [0.717, 1.165) is 4.90 Å². The molecule has 2 aliphatic heterocycles. The molecule has 0 saturated carbocycles. The van der Waals surface area contributed by atoms with Crippen molar-refractivity contribution in [3.05, 3.63) is 0 Å². The van der Waals surface area contributed by atoms with Crippen molar-refractivity contribution >= 4 is 11.9 Å². The normalized spacial score (nSPS) is 41.5. The third-order valence-electron chi connectivity index (χ3n) is 3.33. The number of hydrogen-bond donors (Lipinski definition) is 4. The molecule has 2 saturated heterocycles. The maximum Gasteiger partial charge on any atom is 0.326 e. The van der Waals surface area contributed by atoms with Crippen LogP contribution in [0.25, 0.3) is 0 Å². The maximum absolute atomic E-state index is 14.1. The maximum atomic E-state index is 14.1. The van der Waals surface area contributed by atoms with Crippen molar-refractivity contribution in [2.45, 2.75) is 30.2 Å². The second-order valence-corrected chi connectivity index (χ2v) is 4.58. The fraction of sp³-hybridized carbons (Fsp3) is 0.636. The summed E-state index contributed by atoms with van der Waals surface area (Å²) in [5.41, 5.74) is -2.55. The zero-order valence-corrected chi connectivity index (χ0v) is 10.2. The molecule has 9 heteroatoms. The Labute approximate surface area is 113 Å². The highest BCUT2D eigenvalue weighted by Gasteiger charge is 2.66. The predicted octanol–water partition coefficient (Wildman–Crippen LogP) is -2.33. The molecule has 2 fully saturated rings. The molecule has 2 aliphatic rings. The summed E-state index contributed by atoms with van der Waals surface area (Å²) in [7, 11) is 0. The molecule has 0 radical (unpaired) electrons. The third kappa shape index (κ3) is 1.94. The smallest absolute Gasteiger partial charge is 0.326 e. The number of urea groups is 1. The van der Waals surface area contributed by atoms with Gasteiger partial charge in [0.2, 0.25) is 11.5 Å². The highest BCUT2D eigenvalue weighted by atomic mass is 19.2. The van der Waals surface area contributed by atoms with Crippen molar-refractivity contribution in [1.29, 1.82) is 0 Å². The SMILES string of the molecule is C#C[C@]1(O)[C@H](N2CCC(=O)NC2=O)O[C@](F)(CO)[C@H]1O. The van der Waals surface area contributed by atoms with E-state index < -0.39 is 42.3 Å². The Morgan fingerprint density at radius 1 is 1.60 bits per heavy atom. The molecule has 4 atom stereocenters.